The maximum atomic E-state index is 12.8. The maximum absolute atomic E-state index is 12.8. The first-order chi connectivity index (χ1) is 12.6. The van der Waals surface area contributed by atoms with Crippen LogP contribution in [0.15, 0.2) is 30.3 Å². The first kappa shape index (κ1) is 16.5. The zero-order chi connectivity index (χ0) is 17.7. The van der Waals surface area contributed by atoms with Crippen LogP contribution in [0.4, 0.5) is 5.13 Å². The molecule has 0 unspecified atom stereocenters. The van der Waals surface area contributed by atoms with Crippen LogP contribution in [0.1, 0.15) is 50.6 Å². The van der Waals surface area contributed by atoms with Crippen LogP contribution in [-0.4, -0.2) is 10.9 Å². The second kappa shape index (κ2) is 6.19. The van der Waals surface area contributed by atoms with E-state index in [2.05, 4.69) is 22.4 Å². The molecule has 4 aliphatic rings. The summed E-state index contributed by atoms with van der Waals surface area (Å²) in [7, 11) is 0. The number of rotatable bonds is 4. The fourth-order valence-corrected chi connectivity index (χ4v) is 7.31. The maximum Gasteiger partial charge on any atom is 0.226 e. The highest BCUT2D eigenvalue weighted by molar-refractivity contribution is 7.19. The lowest BCUT2D eigenvalue weighted by Crippen LogP contribution is -2.47. The van der Waals surface area contributed by atoms with Crippen molar-refractivity contribution in [1.29, 1.82) is 0 Å². The average molecular weight is 367 g/mol. The first-order valence-electron chi connectivity index (χ1n) is 9.91. The zero-order valence-corrected chi connectivity index (χ0v) is 16.1. The van der Waals surface area contributed by atoms with Crippen LogP contribution in [0.5, 0.6) is 0 Å². The molecule has 0 aliphatic heterocycles. The predicted octanol–water partition coefficient (Wildman–Crippen LogP) is 5.66. The molecule has 4 heteroatoms. The molecule has 136 valence electrons. The van der Waals surface area contributed by atoms with Crippen LogP contribution in [0, 0.1) is 30.1 Å². The van der Waals surface area contributed by atoms with Crippen LogP contribution in [0.2, 0.25) is 0 Å². The third-order valence-corrected chi connectivity index (χ3v) is 7.90. The normalized spacial score (nSPS) is 32.0. The van der Waals surface area contributed by atoms with Gasteiger partial charge in [0.2, 0.25) is 5.91 Å². The third-order valence-electron chi connectivity index (χ3n) is 6.78. The Morgan fingerprint density at radius 1 is 1.12 bits per heavy atom. The number of amides is 1. The summed E-state index contributed by atoms with van der Waals surface area (Å²) >= 11 is 1.59. The molecule has 4 aliphatic carbocycles. The van der Waals surface area contributed by atoms with Crippen molar-refractivity contribution in [3.05, 3.63) is 36.0 Å². The van der Waals surface area contributed by atoms with E-state index in [9.17, 15) is 4.79 Å². The van der Waals surface area contributed by atoms with Gasteiger partial charge in [0.25, 0.3) is 0 Å². The minimum atomic E-state index is 0.167. The molecule has 6 rings (SSSR count). The van der Waals surface area contributed by atoms with Crippen molar-refractivity contribution < 1.29 is 4.79 Å². The molecule has 2 aromatic rings. The molecule has 1 N–H and O–H groups in total. The smallest absolute Gasteiger partial charge is 0.226 e. The van der Waals surface area contributed by atoms with Gasteiger partial charge < -0.3 is 5.32 Å². The number of nitrogens with zero attached hydrogens (tertiary/aromatic N) is 1. The molecular weight excluding hydrogens is 340 g/mol. The zero-order valence-electron chi connectivity index (χ0n) is 15.3. The SMILES string of the molecule is Cc1nc(NC(=O)CC23CC4CC(CC(C4)C2)C3)sc1-c1ccccc1. The highest BCUT2D eigenvalue weighted by atomic mass is 32.1. The summed E-state index contributed by atoms with van der Waals surface area (Å²) in [5.74, 6) is 2.84. The fraction of sp³-hybridized carbons (Fsp3) is 0.545. The molecule has 4 bridgehead atoms. The van der Waals surface area contributed by atoms with Crippen molar-refractivity contribution in [2.75, 3.05) is 5.32 Å². The Hall–Kier alpha value is -1.68. The van der Waals surface area contributed by atoms with Crippen molar-refractivity contribution in [3.63, 3.8) is 0 Å². The Bertz CT molecular complexity index is 791. The Morgan fingerprint density at radius 3 is 2.35 bits per heavy atom. The van der Waals surface area contributed by atoms with Crippen molar-refractivity contribution in [2.24, 2.45) is 23.2 Å². The summed E-state index contributed by atoms with van der Waals surface area (Å²) in [6, 6.07) is 10.3. The monoisotopic (exact) mass is 366 g/mol. The molecule has 0 spiro atoms. The number of thiazole rings is 1. The number of carbonyl (C=O) groups is 1. The van der Waals surface area contributed by atoms with Crippen molar-refractivity contribution in [2.45, 2.75) is 51.9 Å². The van der Waals surface area contributed by atoms with E-state index in [4.69, 9.17) is 0 Å². The van der Waals surface area contributed by atoms with Gasteiger partial charge in [-0.05, 0) is 74.2 Å². The lowest BCUT2D eigenvalue weighted by atomic mass is 9.49. The summed E-state index contributed by atoms with van der Waals surface area (Å²) in [5.41, 5.74) is 2.45. The van der Waals surface area contributed by atoms with E-state index < -0.39 is 0 Å². The lowest BCUT2D eigenvalue weighted by molar-refractivity contribution is -0.124. The van der Waals surface area contributed by atoms with E-state index >= 15 is 0 Å². The summed E-state index contributed by atoms with van der Waals surface area (Å²) in [6.45, 7) is 2.02. The standard InChI is InChI=1S/C22H26N2OS/c1-14-20(18-5-3-2-4-6-18)26-21(23-14)24-19(25)13-22-10-15-7-16(11-22)9-17(8-15)12-22/h2-6,15-17H,7-13H2,1H3,(H,23,24,25). The third kappa shape index (κ3) is 2.98. The van der Waals surface area contributed by atoms with Gasteiger partial charge in [-0.1, -0.05) is 41.7 Å². The second-order valence-electron chi connectivity index (χ2n) is 8.94. The minimum Gasteiger partial charge on any atom is -0.302 e. The summed E-state index contributed by atoms with van der Waals surface area (Å²) < 4.78 is 0. The molecule has 26 heavy (non-hydrogen) atoms. The molecule has 1 heterocycles. The van der Waals surface area contributed by atoms with E-state index in [0.29, 0.717) is 6.42 Å². The Balaban J connectivity index is 1.29. The number of hydrogen-bond donors (Lipinski definition) is 1. The number of hydrogen-bond acceptors (Lipinski definition) is 3. The number of benzene rings is 1. The van der Waals surface area contributed by atoms with Gasteiger partial charge in [0, 0.05) is 6.42 Å². The molecule has 1 amide bonds. The topological polar surface area (TPSA) is 42.0 Å². The lowest BCUT2D eigenvalue weighted by Gasteiger charge is -2.56. The van der Waals surface area contributed by atoms with Crippen molar-refractivity contribution >= 4 is 22.4 Å². The van der Waals surface area contributed by atoms with Gasteiger partial charge in [-0.25, -0.2) is 4.98 Å². The first-order valence-corrected chi connectivity index (χ1v) is 10.7. The molecule has 0 atom stereocenters. The predicted molar refractivity (Wildman–Crippen MR) is 106 cm³/mol. The van der Waals surface area contributed by atoms with Gasteiger partial charge in [-0.15, -0.1) is 0 Å². The fourth-order valence-electron chi connectivity index (χ4n) is 6.32. The molecule has 1 aromatic heterocycles. The molecule has 1 aromatic carbocycles. The van der Waals surface area contributed by atoms with Gasteiger partial charge in [-0.3, -0.25) is 4.79 Å². The van der Waals surface area contributed by atoms with Gasteiger partial charge in [0.05, 0.1) is 10.6 Å². The number of carbonyl (C=O) groups excluding carboxylic acids is 1. The van der Waals surface area contributed by atoms with Crippen LogP contribution in [0.25, 0.3) is 10.4 Å². The number of anilines is 1. The van der Waals surface area contributed by atoms with E-state index in [1.165, 1.54) is 44.1 Å². The van der Waals surface area contributed by atoms with E-state index in [-0.39, 0.29) is 11.3 Å². The average Bonchev–Trinajstić information content (AvgIpc) is 2.94. The molecule has 0 saturated heterocycles. The quantitative estimate of drug-likeness (QED) is 0.758. The highest BCUT2D eigenvalue weighted by Crippen LogP contribution is 2.61. The molecule has 4 saturated carbocycles. The minimum absolute atomic E-state index is 0.167. The number of aryl methyl sites for hydroxylation is 1. The van der Waals surface area contributed by atoms with Crippen molar-refractivity contribution in [1.82, 2.24) is 4.98 Å². The Morgan fingerprint density at radius 2 is 1.73 bits per heavy atom. The van der Waals surface area contributed by atoms with E-state index in [0.717, 1.165) is 33.5 Å². The van der Waals surface area contributed by atoms with Crippen LogP contribution in [0.3, 0.4) is 0 Å². The summed E-state index contributed by atoms with van der Waals surface area (Å²) in [5, 5.41) is 3.86. The van der Waals surface area contributed by atoms with Gasteiger partial charge in [0.15, 0.2) is 5.13 Å². The molecule has 3 nitrogen and oxygen atoms in total. The number of aromatic nitrogens is 1. The van der Waals surface area contributed by atoms with E-state index in [1.54, 1.807) is 11.3 Å². The number of nitrogens with one attached hydrogen (secondary N) is 1. The van der Waals surface area contributed by atoms with Gasteiger partial charge in [0.1, 0.15) is 0 Å². The highest BCUT2D eigenvalue weighted by Gasteiger charge is 2.51. The van der Waals surface area contributed by atoms with E-state index in [1.807, 2.05) is 25.1 Å². The Kier molecular flexibility index (Phi) is 3.93. The van der Waals surface area contributed by atoms with Crippen LogP contribution >= 0.6 is 11.3 Å². The summed E-state index contributed by atoms with van der Waals surface area (Å²) in [6.07, 6.45) is 8.79. The second-order valence-corrected chi connectivity index (χ2v) is 9.94. The molecule has 0 radical (unpaired) electrons. The largest absolute Gasteiger partial charge is 0.302 e. The Labute approximate surface area is 159 Å². The van der Waals surface area contributed by atoms with Crippen molar-refractivity contribution in [3.8, 4) is 10.4 Å². The van der Waals surface area contributed by atoms with Crippen LogP contribution < -0.4 is 5.32 Å². The van der Waals surface area contributed by atoms with Gasteiger partial charge in [-0.2, -0.15) is 0 Å². The van der Waals surface area contributed by atoms with Crippen LogP contribution in [-0.2, 0) is 4.79 Å². The summed E-state index contributed by atoms with van der Waals surface area (Å²) in [4.78, 5) is 18.6. The van der Waals surface area contributed by atoms with Gasteiger partial charge >= 0.3 is 0 Å². The molecule has 4 fully saturated rings. The molecular formula is C22H26N2OS.